The van der Waals surface area contributed by atoms with Crippen LogP contribution in [0, 0.1) is 6.92 Å². The van der Waals surface area contributed by atoms with E-state index in [1.54, 1.807) is 36.4 Å². The monoisotopic (exact) mass is 384 g/mol. The molecule has 1 aromatic heterocycles. The van der Waals surface area contributed by atoms with Crippen LogP contribution in [0.4, 0.5) is 0 Å². The van der Waals surface area contributed by atoms with E-state index in [0.717, 1.165) is 11.3 Å². The largest absolute Gasteiger partial charge is 0.487 e. The van der Waals surface area contributed by atoms with E-state index in [1.165, 1.54) is 0 Å². The van der Waals surface area contributed by atoms with Crippen LogP contribution < -0.4 is 4.74 Å². The molecule has 28 heavy (non-hydrogen) atoms. The van der Waals surface area contributed by atoms with Gasteiger partial charge < -0.3 is 19.5 Å². The minimum Gasteiger partial charge on any atom is -0.487 e. The summed E-state index contributed by atoms with van der Waals surface area (Å²) >= 11 is 0. The van der Waals surface area contributed by atoms with Crippen LogP contribution in [0.3, 0.4) is 0 Å². The first kappa shape index (κ1) is 19.8. The first-order valence-electron chi connectivity index (χ1n) is 9.16. The van der Waals surface area contributed by atoms with E-state index >= 15 is 0 Å². The van der Waals surface area contributed by atoms with Crippen molar-refractivity contribution < 1.29 is 24.2 Å². The van der Waals surface area contributed by atoms with Crippen LogP contribution in [0.2, 0.25) is 0 Å². The molecule has 7 nitrogen and oxygen atoms in total. The Morgan fingerprint density at radius 2 is 2.11 bits per heavy atom. The van der Waals surface area contributed by atoms with Gasteiger partial charge in [-0.15, -0.1) is 0 Å². The molecule has 2 heterocycles. The summed E-state index contributed by atoms with van der Waals surface area (Å²) < 4.78 is 11.1. The van der Waals surface area contributed by atoms with Crippen molar-refractivity contribution in [3.63, 3.8) is 0 Å². The summed E-state index contributed by atoms with van der Waals surface area (Å²) in [5.41, 5.74) is 2.27. The second-order valence-corrected chi connectivity index (χ2v) is 6.93. The standard InChI is InChI=1S/C21H24N2O5/c1-14-6-7-18(11-22-14)28-13-15-4-3-5-16(8-15)21(26)23-12-19(27-2)9-17(23)10-20(24)25/h3-8,11,17,19H,9-10,12-13H2,1-2H3,(H,24,25). The molecule has 2 aromatic rings. The number of carboxylic acid groups (broad SMARTS) is 1. The van der Waals surface area contributed by atoms with Gasteiger partial charge in [-0.05, 0) is 43.2 Å². The first-order valence-corrected chi connectivity index (χ1v) is 9.16. The molecule has 2 unspecified atom stereocenters. The molecular formula is C21H24N2O5. The molecule has 148 valence electrons. The highest BCUT2D eigenvalue weighted by Gasteiger charge is 2.36. The van der Waals surface area contributed by atoms with Crippen LogP contribution in [0.1, 0.15) is 34.5 Å². The van der Waals surface area contributed by atoms with Crippen LogP contribution >= 0.6 is 0 Å². The highest BCUT2D eigenvalue weighted by Crippen LogP contribution is 2.25. The Morgan fingerprint density at radius 3 is 2.79 bits per heavy atom. The van der Waals surface area contributed by atoms with Gasteiger partial charge in [-0.1, -0.05) is 12.1 Å². The highest BCUT2D eigenvalue weighted by molar-refractivity contribution is 5.95. The van der Waals surface area contributed by atoms with E-state index in [1.807, 2.05) is 25.1 Å². The van der Waals surface area contributed by atoms with Crippen molar-refractivity contribution in [1.29, 1.82) is 0 Å². The fourth-order valence-electron chi connectivity index (χ4n) is 3.35. The molecule has 1 aliphatic rings. The van der Waals surface area contributed by atoms with Gasteiger partial charge in [0, 0.05) is 31.0 Å². The third-order valence-electron chi connectivity index (χ3n) is 4.84. The zero-order valence-electron chi connectivity index (χ0n) is 16.0. The van der Waals surface area contributed by atoms with Crippen molar-refractivity contribution in [1.82, 2.24) is 9.88 Å². The summed E-state index contributed by atoms with van der Waals surface area (Å²) in [6.07, 6.45) is 1.96. The van der Waals surface area contributed by atoms with E-state index in [-0.39, 0.29) is 24.5 Å². The Bertz CT molecular complexity index is 837. The summed E-state index contributed by atoms with van der Waals surface area (Å²) in [6, 6.07) is 10.6. The minimum absolute atomic E-state index is 0.0885. The lowest BCUT2D eigenvalue weighted by molar-refractivity contribution is -0.138. The number of carboxylic acids is 1. The van der Waals surface area contributed by atoms with Gasteiger partial charge in [-0.3, -0.25) is 14.6 Å². The molecule has 0 spiro atoms. The van der Waals surface area contributed by atoms with Crippen molar-refractivity contribution in [2.24, 2.45) is 0 Å². The summed E-state index contributed by atoms with van der Waals surface area (Å²) in [5, 5.41) is 9.14. The second kappa shape index (κ2) is 8.84. The Balaban J connectivity index is 1.70. The number of ether oxygens (including phenoxy) is 2. The van der Waals surface area contributed by atoms with Gasteiger partial charge >= 0.3 is 5.97 Å². The van der Waals surface area contributed by atoms with Crippen molar-refractivity contribution in [3.05, 3.63) is 59.4 Å². The number of benzene rings is 1. The normalized spacial score (nSPS) is 18.9. The number of methoxy groups -OCH3 is 1. The van der Waals surface area contributed by atoms with Crippen molar-refractivity contribution in [2.75, 3.05) is 13.7 Å². The number of aromatic nitrogens is 1. The van der Waals surface area contributed by atoms with Gasteiger partial charge in [-0.25, -0.2) is 0 Å². The Hall–Kier alpha value is -2.93. The van der Waals surface area contributed by atoms with Crippen LogP contribution in [-0.2, 0) is 16.1 Å². The fourth-order valence-corrected chi connectivity index (χ4v) is 3.35. The van der Waals surface area contributed by atoms with Crippen molar-refractivity contribution in [2.45, 2.75) is 38.5 Å². The number of likely N-dealkylation sites (tertiary alicyclic amines) is 1. The minimum atomic E-state index is -0.923. The third-order valence-corrected chi connectivity index (χ3v) is 4.84. The maximum absolute atomic E-state index is 13.0. The van der Waals surface area contributed by atoms with Gasteiger partial charge in [0.25, 0.3) is 5.91 Å². The third kappa shape index (κ3) is 4.86. The number of carbonyl (C=O) groups excluding carboxylic acids is 1. The molecule has 3 rings (SSSR count). The molecule has 2 atom stereocenters. The maximum atomic E-state index is 13.0. The molecular weight excluding hydrogens is 360 g/mol. The molecule has 0 radical (unpaired) electrons. The smallest absolute Gasteiger partial charge is 0.305 e. The number of hydrogen-bond donors (Lipinski definition) is 1. The Labute approximate surface area is 163 Å². The molecule has 1 saturated heterocycles. The molecule has 0 saturated carbocycles. The summed E-state index contributed by atoms with van der Waals surface area (Å²) in [4.78, 5) is 29.9. The van der Waals surface area contributed by atoms with Crippen molar-refractivity contribution in [3.8, 4) is 5.75 Å². The molecule has 7 heteroatoms. The maximum Gasteiger partial charge on any atom is 0.305 e. The van der Waals surface area contributed by atoms with Gasteiger partial charge in [0.2, 0.25) is 0 Å². The average Bonchev–Trinajstić information content (AvgIpc) is 3.09. The summed E-state index contributed by atoms with van der Waals surface area (Å²) in [5.74, 6) is -0.454. The number of amides is 1. The lowest BCUT2D eigenvalue weighted by Crippen LogP contribution is -2.37. The molecule has 1 amide bonds. The van der Waals surface area contributed by atoms with Crippen LogP contribution in [0.5, 0.6) is 5.75 Å². The number of carbonyl (C=O) groups is 2. The topological polar surface area (TPSA) is 89.0 Å². The fraction of sp³-hybridized carbons (Fsp3) is 0.381. The molecule has 1 N–H and O–H groups in total. The first-order chi connectivity index (χ1) is 13.5. The number of aryl methyl sites for hydroxylation is 1. The van der Waals surface area contributed by atoms with Gasteiger partial charge in [0.1, 0.15) is 12.4 Å². The number of rotatable bonds is 7. The van der Waals surface area contributed by atoms with Crippen LogP contribution in [0.15, 0.2) is 42.6 Å². The van der Waals surface area contributed by atoms with E-state index in [2.05, 4.69) is 4.98 Å². The summed E-state index contributed by atoms with van der Waals surface area (Å²) in [6.45, 7) is 2.61. The molecule has 1 fully saturated rings. The molecule has 1 aliphatic heterocycles. The Morgan fingerprint density at radius 1 is 1.29 bits per heavy atom. The predicted octanol–water partition coefficient (Wildman–Crippen LogP) is 2.67. The van der Waals surface area contributed by atoms with Gasteiger partial charge in [0.15, 0.2) is 0 Å². The Kier molecular flexibility index (Phi) is 6.26. The molecule has 1 aromatic carbocycles. The number of hydrogen-bond acceptors (Lipinski definition) is 5. The number of pyridine rings is 1. The second-order valence-electron chi connectivity index (χ2n) is 6.93. The number of nitrogens with zero attached hydrogens (tertiary/aromatic N) is 2. The quantitative estimate of drug-likeness (QED) is 0.790. The van der Waals surface area contributed by atoms with Gasteiger partial charge in [-0.2, -0.15) is 0 Å². The predicted molar refractivity (Wildman–Crippen MR) is 102 cm³/mol. The van der Waals surface area contributed by atoms with Crippen molar-refractivity contribution >= 4 is 11.9 Å². The van der Waals surface area contributed by atoms with Crippen LogP contribution in [0.25, 0.3) is 0 Å². The summed E-state index contributed by atoms with van der Waals surface area (Å²) in [7, 11) is 1.58. The van der Waals surface area contributed by atoms with E-state index in [4.69, 9.17) is 14.6 Å². The zero-order valence-corrected chi connectivity index (χ0v) is 16.0. The average molecular weight is 384 g/mol. The van der Waals surface area contributed by atoms with Gasteiger partial charge in [0.05, 0.1) is 18.7 Å². The molecule has 0 bridgehead atoms. The van der Waals surface area contributed by atoms with Crippen LogP contribution in [-0.4, -0.2) is 52.7 Å². The van der Waals surface area contributed by atoms with E-state index in [0.29, 0.717) is 30.9 Å². The van der Waals surface area contributed by atoms with E-state index in [9.17, 15) is 9.59 Å². The SMILES string of the molecule is COC1CC(CC(=O)O)N(C(=O)c2cccc(COc3ccc(C)nc3)c2)C1. The number of aliphatic carboxylic acids is 1. The molecule has 0 aliphatic carbocycles. The lowest BCUT2D eigenvalue weighted by atomic mass is 10.1. The zero-order chi connectivity index (χ0) is 20.1. The highest BCUT2D eigenvalue weighted by atomic mass is 16.5. The lowest BCUT2D eigenvalue weighted by Gasteiger charge is -2.23. The van der Waals surface area contributed by atoms with E-state index < -0.39 is 5.97 Å².